The molecule has 0 amide bonds. The van der Waals surface area contributed by atoms with Crippen LogP contribution in [0.25, 0.3) is 0 Å². The minimum Gasteiger partial charge on any atom is -0.351 e. The Morgan fingerprint density at radius 3 is 3.21 bits per heavy atom. The van der Waals surface area contributed by atoms with Crippen molar-refractivity contribution in [3.05, 3.63) is 18.0 Å². The van der Waals surface area contributed by atoms with E-state index < -0.39 is 0 Å². The van der Waals surface area contributed by atoms with Crippen molar-refractivity contribution in [1.29, 1.82) is 5.26 Å². The topological polar surface area (TPSA) is 61.6 Å². The van der Waals surface area contributed by atoms with Crippen LogP contribution in [-0.2, 0) is 0 Å². The lowest BCUT2D eigenvalue weighted by Crippen LogP contribution is -2.08. The first-order valence-corrected chi connectivity index (χ1v) is 4.83. The first kappa shape index (κ1) is 8.95. The second-order valence-electron chi connectivity index (χ2n) is 3.53. The van der Waals surface area contributed by atoms with Crippen molar-refractivity contribution >= 4 is 5.95 Å². The van der Waals surface area contributed by atoms with Crippen molar-refractivity contribution in [2.45, 2.75) is 25.8 Å². The van der Waals surface area contributed by atoms with Crippen molar-refractivity contribution in [2.24, 2.45) is 5.92 Å². The SMILES string of the molecule is CCC1CC1Nc1nccc(C#N)n1. The summed E-state index contributed by atoms with van der Waals surface area (Å²) in [5.41, 5.74) is 0.413. The summed E-state index contributed by atoms with van der Waals surface area (Å²) >= 11 is 0. The minimum absolute atomic E-state index is 0.413. The highest BCUT2D eigenvalue weighted by atomic mass is 15.1. The average molecular weight is 188 g/mol. The largest absolute Gasteiger partial charge is 0.351 e. The molecule has 4 heteroatoms. The van der Waals surface area contributed by atoms with Gasteiger partial charge in [-0.05, 0) is 18.4 Å². The summed E-state index contributed by atoms with van der Waals surface area (Å²) in [4.78, 5) is 8.12. The zero-order valence-corrected chi connectivity index (χ0v) is 8.07. The molecular formula is C10H12N4. The van der Waals surface area contributed by atoms with E-state index in [2.05, 4.69) is 22.2 Å². The van der Waals surface area contributed by atoms with Crippen LogP contribution in [-0.4, -0.2) is 16.0 Å². The van der Waals surface area contributed by atoms with Crippen LogP contribution in [0.3, 0.4) is 0 Å². The lowest BCUT2D eigenvalue weighted by atomic mass is 10.3. The minimum atomic E-state index is 0.413. The van der Waals surface area contributed by atoms with Gasteiger partial charge in [-0.25, -0.2) is 9.97 Å². The maximum atomic E-state index is 8.64. The van der Waals surface area contributed by atoms with Gasteiger partial charge in [0.05, 0.1) is 0 Å². The van der Waals surface area contributed by atoms with Crippen molar-refractivity contribution < 1.29 is 0 Å². The van der Waals surface area contributed by atoms with Crippen molar-refractivity contribution in [3.8, 4) is 6.07 Å². The molecule has 14 heavy (non-hydrogen) atoms. The Labute approximate surface area is 83.0 Å². The number of aromatic nitrogens is 2. The van der Waals surface area contributed by atoms with E-state index in [1.165, 1.54) is 12.8 Å². The molecule has 2 rings (SSSR count). The van der Waals surface area contributed by atoms with Gasteiger partial charge in [-0.2, -0.15) is 5.26 Å². The van der Waals surface area contributed by atoms with Crippen LogP contribution in [0.1, 0.15) is 25.5 Å². The van der Waals surface area contributed by atoms with Crippen LogP contribution < -0.4 is 5.32 Å². The quantitative estimate of drug-likeness (QED) is 0.781. The molecule has 1 aromatic rings. The van der Waals surface area contributed by atoms with Gasteiger partial charge in [-0.3, -0.25) is 0 Å². The standard InChI is InChI=1S/C10H12N4/c1-2-7-5-9(7)14-10-12-4-3-8(6-11)13-10/h3-4,7,9H,2,5H2,1H3,(H,12,13,14). The van der Waals surface area contributed by atoms with E-state index in [4.69, 9.17) is 5.26 Å². The van der Waals surface area contributed by atoms with E-state index >= 15 is 0 Å². The van der Waals surface area contributed by atoms with Crippen LogP contribution in [0.5, 0.6) is 0 Å². The number of nitrogens with zero attached hydrogens (tertiary/aromatic N) is 3. The first-order chi connectivity index (χ1) is 6.83. The third-order valence-corrected chi connectivity index (χ3v) is 2.53. The number of rotatable bonds is 3. The molecule has 1 aliphatic carbocycles. The fourth-order valence-electron chi connectivity index (χ4n) is 1.53. The Bertz CT molecular complexity index is 369. The molecule has 1 aliphatic rings. The summed E-state index contributed by atoms with van der Waals surface area (Å²) in [5.74, 6) is 1.33. The lowest BCUT2D eigenvalue weighted by Gasteiger charge is -2.02. The fourth-order valence-corrected chi connectivity index (χ4v) is 1.53. The monoisotopic (exact) mass is 188 g/mol. The number of anilines is 1. The molecule has 0 bridgehead atoms. The third kappa shape index (κ3) is 1.82. The number of hydrogen-bond acceptors (Lipinski definition) is 4. The Hall–Kier alpha value is -1.63. The highest BCUT2D eigenvalue weighted by Crippen LogP contribution is 2.35. The summed E-state index contributed by atoms with van der Waals surface area (Å²) < 4.78 is 0. The van der Waals surface area contributed by atoms with Gasteiger partial charge in [0, 0.05) is 12.2 Å². The molecule has 2 atom stereocenters. The first-order valence-electron chi connectivity index (χ1n) is 4.83. The maximum absolute atomic E-state index is 8.64. The number of nitrogens with one attached hydrogen (secondary N) is 1. The highest BCUT2D eigenvalue weighted by molar-refractivity contribution is 5.33. The highest BCUT2D eigenvalue weighted by Gasteiger charge is 2.35. The molecule has 0 aromatic carbocycles. The normalized spacial score (nSPS) is 24.0. The Balaban J connectivity index is 2.00. The average Bonchev–Trinajstić information content (AvgIpc) is 2.97. The lowest BCUT2D eigenvalue weighted by molar-refractivity contribution is 0.771. The Kier molecular flexibility index (Phi) is 2.32. The van der Waals surface area contributed by atoms with Gasteiger partial charge >= 0.3 is 0 Å². The molecule has 1 N–H and O–H groups in total. The predicted molar refractivity (Wildman–Crippen MR) is 52.6 cm³/mol. The van der Waals surface area contributed by atoms with Crippen molar-refractivity contribution in [1.82, 2.24) is 9.97 Å². The molecule has 1 aromatic heterocycles. The molecule has 1 saturated carbocycles. The molecule has 2 unspecified atom stereocenters. The van der Waals surface area contributed by atoms with Gasteiger partial charge in [0.1, 0.15) is 11.8 Å². The molecule has 72 valence electrons. The second-order valence-corrected chi connectivity index (χ2v) is 3.53. The summed E-state index contributed by atoms with van der Waals surface area (Å²) in [7, 11) is 0. The van der Waals surface area contributed by atoms with Gasteiger partial charge in [-0.15, -0.1) is 0 Å². The number of hydrogen-bond donors (Lipinski definition) is 1. The zero-order chi connectivity index (χ0) is 9.97. The van der Waals surface area contributed by atoms with Gasteiger partial charge in [0.2, 0.25) is 5.95 Å². The third-order valence-electron chi connectivity index (χ3n) is 2.53. The van der Waals surface area contributed by atoms with Crippen molar-refractivity contribution in [2.75, 3.05) is 5.32 Å². The van der Waals surface area contributed by atoms with Gasteiger partial charge in [0.25, 0.3) is 0 Å². The summed E-state index contributed by atoms with van der Waals surface area (Å²) in [6.45, 7) is 2.18. The Morgan fingerprint density at radius 1 is 1.71 bits per heavy atom. The zero-order valence-electron chi connectivity index (χ0n) is 8.07. The second kappa shape index (κ2) is 3.62. The fraction of sp³-hybridized carbons (Fsp3) is 0.500. The molecule has 0 spiro atoms. The molecule has 4 nitrogen and oxygen atoms in total. The van der Waals surface area contributed by atoms with Crippen LogP contribution in [0.4, 0.5) is 5.95 Å². The van der Waals surface area contributed by atoms with Crippen LogP contribution in [0.2, 0.25) is 0 Å². The summed E-state index contributed by atoms with van der Waals surface area (Å²) in [5, 5.41) is 11.9. The van der Waals surface area contributed by atoms with Gasteiger partial charge in [-0.1, -0.05) is 13.3 Å². The molecule has 1 fully saturated rings. The summed E-state index contributed by atoms with van der Waals surface area (Å²) in [6.07, 6.45) is 3.99. The molecule has 0 saturated heterocycles. The predicted octanol–water partition coefficient (Wildman–Crippen LogP) is 1.56. The molecule has 0 aliphatic heterocycles. The molecule has 1 heterocycles. The van der Waals surface area contributed by atoms with E-state index in [9.17, 15) is 0 Å². The maximum Gasteiger partial charge on any atom is 0.224 e. The molecular weight excluding hydrogens is 176 g/mol. The smallest absolute Gasteiger partial charge is 0.224 e. The Morgan fingerprint density at radius 2 is 2.57 bits per heavy atom. The van der Waals surface area contributed by atoms with Gasteiger partial charge < -0.3 is 5.32 Å². The van der Waals surface area contributed by atoms with E-state index in [-0.39, 0.29) is 0 Å². The number of nitriles is 1. The summed E-state index contributed by atoms with van der Waals surface area (Å²) in [6, 6.07) is 4.11. The van der Waals surface area contributed by atoms with Crippen LogP contribution in [0.15, 0.2) is 12.3 Å². The van der Waals surface area contributed by atoms with E-state index in [0.29, 0.717) is 17.7 Å². The van der Waals surface area contributed by atoms with Gasteiger partial charge in [0.15, 0.2) is 0 Å². The van der Waals surface area contributed by atoms with Crippen molar-refractivity contribution in [3.63, 3.8) is 0 Å². The van der Waals surface area contributed by atoms with E-state index in [1.54, 1.807) is 12.3 Å². The van der Waals surface area contributed by atoms with Crippen LogP contribution in [0, 0.1) is 17.2 Å². The molecule has 0 radical (unpaired) electrons. The van der Waals surface area contributed by atoms with Crippen LogP contribution >= 0.6 is 0 Å². The van der Waals surface area contributed by atoms with E-state index in [0.717, 1.165) is 5.92 Å². The van der Waals surface area contributed by atoms with E-state index in [1.807, 2.05) is 6.07 Å².